The molecule has 1 aromatic rings. The molecule has 2 heterocycles. The van der Waals surface area contributed by atoms with E-state index in [0.29, 0.717) is 5.92 Å². The lowest BCUT2D eigenvalue weighted by Gasteiger charge is -2.30. The minimum absolute atomic E-state index is 0.505. The molecule has 17 heavy (non-hydrogen) atoms. The highest BCUT2D eigenvalue weighted by molar-refractivity contribution is 5.34. The highest BCUT2D eigenvalue weighted by Crippen LogP contribution is 2.22. The highest BCUT2D eigenvalue weighted by atomic mass is 15.2. The van der Waals surface area contributed by atoms with Crippen LogP contribution in [0, 0.1) is 12.8 Å². The van der Waals surface area contributed by atoms with Crippen molar-refractivity contribution in [3.05, 3.63) is 17.5 Å². The number of anilines is 1. The fraction of sp³-hybridized carbons (Fsp3) is 0.714. The molecule has 1 aromatic heterocycles. The molecule has 1 saturated heterocycles. The largest absolute Gasteiger partial charge is 0.341 e. The lowest BCUT2D eigenvalue weighted by molar-refractivity contribution is 0.434. The van der Waals surface area contributed by atoms with E-state index in [4.69, 9.17) is 0 Å². The van der Waals surface area contributed by atoms with Crippen LogP contribution in [0.5, 0.6) is 0 Å². The second-order valence-electron chi connectivity index (χ2n) is 5.54. The fourth-order valence-corrected chi connectivity index (χ4v) is 2.39. The molecule has 0 saturated carbocycles. The van der Waals surface area contributed by atoms with Gasteiger partial charge in [0.2, 0.25) is 5.95 Å². The van der Waals surface area contributed by atoms with Gasteiger partial charge < -0.3 is 4.90 Å². The van der Waals surface area contributed by atoms with E-state index >= 15 is 0 Å². The van der Waals surface area contributed by atoms with Crippen molar-refractivity contribution in [1.29, 1.82) is 0 Å². The third-order valence-electron chi connectivity index (χ3n) is 3.69. The number of aromatic nitrogens is 2. The van der Waals surface area contributed by atoms with Crippen molar-refractivity contribution in [2.24, 2.45) is 5.92 Å². The van der Waals surface area contributed by atoms with Crippen molar-refractivity contribution in [3.63, 3.8) is 0 Å². The van der Waals surface area contributed by atoms with Gasteiger partial charge in [0.15, 0.2) is 0 Å². The summed E-state index contributed by atoms with van der Waals surface area (Å²) in [6, 6.07) is 0. The minimum atomic E-state index is 0.505. The molecule has 3 nitrogen and oxygen atoms in total. The van der Waals surface area contributed by atoms with Crippen molar-refractivity contribution in [2.45, 2.75) is 46.5 Å². The summed E-state index contributed by atoms with van der Waals surface area (Å²) < 4.78 is 0. The zero-order chi connectivity index (χ0) is 12.4. The number of hydrogen-bond donors (Lipinski definition) is 0. The van der Waals surface area contributed by atoms with Gasteiger partial charge in [-0.05, 0) is 37.2 Å². The van der Waals surface area contributed by atoms with E-state index in [-0.39, 0.29) is 0 Å². The van der Waals surface area contributed by atoms with Gasteiger partial charge in [0.25, 0.3) is 0 Å². The zero-order valence-corrected chi connectivity index (χ0v) is 11.4. The van der Waals surface area contributed by atoms with Crippen LogP contribution in [-0.4, -0.2) is 23.1 Å². The second-order valence-corrected chi connectivity index (χ2v) is 5.54. The monoisotopic (exact) mass is 233 g/mol. The Morgan fingerprint density at radius 1 is 1.29 bits per heavy atom. The summed E-state index contributed by atoms with van der Waals surface area (Å²) in [5.74, 6) is 2.27. The molecule has 1 fully saturated rings. The first-order valence-electron chi connectivity index (χ1n) is 6.66. The summed E-state index contributed by atoms with van der Waals surface area (Å²) in [5.41, 5.74) is 2.39. The Kier molecular flexibility index (Phi) is 3.65. The predicted molar refractivity (Wildman–Crippen MR) is 71.5 cm³/mol. The van der Waals surface area contributed by atoms with Gasteiger partial charge in [0.1, 0.15) is 0 Å². The van der Waals surface area contributed by atoms with Crippen LogP contribution >= 0.6 is 0 Å². The maximum Gasteiger partial charge on any atom is 0.225 e. The summed E-state index contributed by atoms with van der Waals surface area (Å²) in [5, 5.41) is 0. The Hall–Kier alpha value is -1.12. The molecule has 0 amide bonds. The molecule has 2 rings (SSSR count). The molecular formula is C14H23N3. The summed E-state index contributed by atoms with van der Waals surface area (Å²) in [6.07, 6.45) is 4.52. The Morgan fingerprint density at radius 3 is 2.47 bits per heavy atom. The van der Waals surface area contributed by atoms with Crippen molar-refractivity contribution in [1.82, 2.24) is 9.97 Å². The smallest absolute Gasteiger partial charge is 0.225 e. The van der Waals surface area contributed by atoms with Crippen LogP contribution in [0.1, 0.15) is 50.8 Å². The van der Waals surface area contributed by atoms with Crippen molar-refractivity contribution in [3.8, 4) is 0 Å². The summed E-state index contributed by atoms with van der Waals surface area (Å²) in [7, 11) is 0. The van der Waals surface area contributed by atoms with Gasteiger partial charge in [-0.1, -0.05) is 20.8 Å². The van der Waals surface area contributed by atoms with Gasteiger partial charge in [-0.3, -0.25) is 0 Å². The zero-order valence-electron chi connectivity index (χ0n) is 11.4. The average molecular weight is 233 g/mol. The van der Waals surface area contributed by atoms with Gasteiger partial charge in [0.05, 0.1) is 0 Å². The normalized spacial score (nSPS) is 17.8. The third kappa shape index (κ3) is 2.76. The van der Waals surface area contributed by atoms with Gasteiger partial charge in [0, 0.05) is 25.0 Å². The number of piperidine rings is 1. The molecule has 3 heteroatoms. The average Bonchev–Trinajstić information content (AvgIpc) is 2.29. The van der Waals surface area contributed by atoms with Gasteiger partial charge >= 0.3 is 0 Å². The molecule has 0 radical (unpaired) electrons. The Morgan fingerprint density at radius 2 is 1.94 bits per heavy atom. The van der Waals surface area contributed by atoms with E-state index in [2.05, 4.69) is 42.6 Å². The lowest BCUT2D eigenvalue weighted by Crippen LogP contribution is -2.34. The molecule has 0 N–H and O–H groups in total. The van der Waals surface area contributed by atoms with Gasteiger partial charge in [-0.2, -0.15) is 0 Å². The van der Waals surface area contributed by atoms with Crippen LogP contribution in [-0.2, 0) is 0 Å². The number of rotatable bonds is 2. The molecular weight excluding hydrogens is 210 g/mol. The Balaban J connectivity index is 2.14. The highest BCUT2D eigenvalue weighted by Gasteiger charge is 2.18. The number of hydrogen-bond acceptors (Lipinski definition) is 3. The summed E-state index contributed by atoms with van der Waals surface area (Å²) in [6.45, 7) is 11.0. The van der Waals surface area contributed by atoms with E-state index in [1.54, 1.807) is 0 Å². The first-order chi connectivity index (χ1) is 8.08. The van der Waals surface area contributed by atoms with Crippen LogP contribution < -0.4 is 4.90 Å². The fourth-order valence-electron chi connectivity index (χ4n) is 2.39. The maximum absolute atomic E-state index is 4.66. The van der Waals surface area contributed by atoms with E-state index in [1.807, 2.05) is 6.20 Å². The molecule has 0 atom stereocenters. The molecule has 94 valence electrons. The third-order valence-corrected chi connectivity index (χ3v) is 3.69. The van der Waals surface area contributed by atoms with Gasteiger partial charge in [-0.25, -0.2) is 9.97 Å². The number of nitrogens with zero attached hydrogens (tertiary/aromatic N) is 3. The molecule has 0 aromatic carbocycles. The van der Waals surface area contributed by atoms with Crippen molar-refractivity contribution in [2.75, 3.05) is 18.0 Å². The minimum Gasteiger partial charge on any atom is -0.341 e. The van der Waals surface area contributed by atoms with Crippen LogP contribution in [0.15, 0.2) is 6.20 Å². The van der Waals surface area contributed by atoms with E-state index in [0.717, 1.165) is 30.6 Å². The second kappa shape index (κ2) is 5.03. The first kappa shape index (κ1) is 12.3. The molecule has 0 bridgehead atoms. The van der Waals surface area contributed by atoms with E-state index < -0.39 is 0 Å². The first-order valence-corrected chi connectivity index (χ1v) is 6.66. The predicted octanol–water partition coefficient (Wildman–Crippen LogP) is 3.14. The molecule has 0 unspecified atom stereocenters. The molecule has 0 spiro atoms. The van der Waals surface area contributed by atoms with Crippen LogP contribution in [0.3, 0.4) is 0 Å². The SMILES string of the molecule is Cc1nc(N2CCC(C)CC2)ncc1C(C)C. The molecule has 1 aliphatic rings. The van der Waals surface area contributed by atoms with Crippen LogP contribution in [0.2, 0.25) is 0 Å². The van der Waals surface area contributed by atoms with Crippen LogP contribution in [0.25, 0.3) is 0 Å². The molecule has 0 aliphatic carbocycles. The van der Waals surface area contributed by atoms with E-state index in [1.165, 1.54) is 18.4 Å². The topological polar surface area (TPSA) is 29.0 Å². The Bertz CT molecular complexity index is 379. The maximum atomic E-state index is 4.66. The lowest BCUT2D eigenvalue weighted by atomic mass is 9.99. The summed E-state index contributed by atoms with van der Waals surface area (Å²) >= 11 is 0. The van der Waals surface area contributed by atoms with E-state index in [9.17, 15) is 0 Å². The standard InChI is InChI=1S/C14H23N3/c1-10(2)13-9-15-14(16-12(13)4)17-7-5-11(3)6-8-17/h9-11H,5-8H2,1-4H3. The summed E-state index contributed by atoms with van der Waals surface area (Å²) in [4.78, 5) is 11.5. The number of aryl methyl sites for hydroxylation is 1. The van der Waals surface area contributed by atoms with Gasteiger partial charge in [-0.15, -0.1) is 0 Å². The van der Waals surface area contributed by atoms with Crippen molar-refractivity contribution < 1.29 is 0 Å². The van der Waals surface area contributed by atoms with Crippen molar-refractivity contribution >= 4 is 5.95 Å². The quantitative estimate of drug-likeness (QED) is 0.785. The Labute approximate surface area is 104 Å². The molecule has 1 aliphatic heterocycles. The van der Waals surface area contributed by atoms with Crippen LogP contribution in [0.4, 0.5) is 5.95 Å².